The van der Waals surface area contributed by atoms with Gasteiger partial charge in [0.2, 0.25) is 0 Å². The number of thioether (sulfide) groups is 1. The average molecular weight is 238 g/mol. The van der Waals surface area contributed by atoms with Crippen LogP contribution in [0.15, 0.2) is 18.3 Å². The molecular weight excluding hydrogens is 224 g/mol. The van der Waals surface area contributed by atoms with E-state index in [1.165, 1.54) is 12.3 Å². The van der Waals surface area contributed by atoms with Crippen molar-refractivity contribution in [2.24, 2.45) is 0 Å². The lowest BCUT2D eigenvalue weighted by Crippen LogP contribution is -2.32. The molecule has 1 heterocycles. The third kappa shape index (κ3) is 2.29. The lowest BCUT2D eigenvalue weighted by atomic mass is 10.3. The molecule has 2 N–H and O–H groups in total. The number of rotatable bonds is 4. The summed E-state index contributed by atoms with van der Waals surface area (Å²) in [5, 5.41) is 12.3. The highest BCUT2D eigenvalue weighted by Crippen LogP contribution is 2.46. The van der Waals surface area contributed by atoms with E-state index in [0.29, 0.717) is 6.54 Å². The van der Waals surface area contributed by atoms with Crippen LogP contribution in [0.2, 0.25) is 0 Å². The minimum atomic E-state index is -0.307. The molecule has 0 bridgehead atoms. The van der Waals surface area contributed by atoms with Crippen LogP contribution in [-0.2, 0) is 0 Å². The maximum Gasteiger partial charge on any atom is 0.273 e. The predicted molar refractivity (Wildman–Crippen MR) is 63.7 cm³/mol. The van der Waals surface area contributed by atoms with Gasteiger partial charge in [0.05, 0.1) is 0 Å². The monoisotopic (exact) mass is 238 g/mol. The molecule has 1 aromatic heterocycles. The highest BCUT2D eigenvalue weighted by Gasteiger charge is 2.42. The minimum absolute atomic E-state index is 0.0750. The van der Waals surface area contributed by atoms with Crippen molar-refractivity contribution in [1.82, 2.24) is 10.3 Å². The van der Waals surface area contributed by atoms with E-state index in [9.17, 15) is 9.90 Å². The topological polar surface area (TPSA) is 62.2 Å². The predicted octanol–water partition coefficient (Wildman–Crippen LogP) is 1.41. The molecule has 0 aliphatic heterocycles. The molecule has 2 rings (SSSR count). The summed E-state index contributed by atoms with van der Waals surface area (Å²) in [5.74, 6) is -0.382. The summed E-state index contributed by atoms with van der Waals surface area (Å²) >= 11 is 1.78. The Morgan fingerprint density at radius 1 is 1.69 bits per heavy atom. The van der Waals surface area contributed by atoms with E-state index >= 15 is 0 Å². The number of nitrogens with zero attached hydrogens (tertiary/aromatic N) is 1. The largest absolute Gasteiger partial charge is 0.505 e. The molecule has 1 saturated carbocycles. The molecule has 0 saturated heterocycles. The van der Waals surface area contributed by atoms with Crippen molar-refractivity contribution in [3.8, 4) is 5.75 Å². The second-order valence-electron chi connectivity index (χ2n) is 3.94. The van der Waals surface area contributed by atoms with E-state index in [-0.39, 0.29) is 22.1 Å². The van der Waals surface area contributed by atoms with Gasteiger partial charge >= 0.3 is 0 Å². The van der Waals surface area contributed by atoms with Gasteiger partial charge in [-0.25, -0.2) is 4.98 Å². The molecule has 1 fully saturated rings. The van der Waals surface area contributed by atoms with E-state index in [0.717, 1.165) is 12.8 Å². The summed E-state index contributed by atoms with van der Waals surface area (Å²) in [6, 6.07) is 3.06. The number of pyridine rings is 1. The van der Waals surface area contributed by atoms with E-state index in [4.69, 9.17) is 0 Å². The summed E-state index contributed by atoms with van der Waals surface area (Å²) in [6.45, 7) is 0.642. The Balaban J connectivity index is 1.96. The van der Waals surface area contributed by atoms with Crippen molar-refractivity contribution < 1.29 is 9.90 Å². The molecule has 86 valence electrons. The van der Waals surface area contributed by atoms with Gasteiger partial charge < -0.3 is 10.4 Å². The Hall–Kier alpha value is -1.23. The molecule has 1 aliphatic carbocycles. The zero-order valence-electron chi connectivity index (χ0n) is 9.06. The third-order valence-corrected chi connectivity index (χ3v) is 4.23. The molecule has 0 spiro atoms. The number of carbonyl (C=O) groups excluding carboxylic acids is 1. The number of aromatic hydroxyl groups is 1. The Morgan fingerprint density at radius 2 is 2.44 bits per heavy atom. The molecule has 0 unspecified atom stereocenters. The third-order valence-electron chi connectivity index (χ3n) is 2.81. The van der Waals surface area contributed by atoms with Crippen molar-refractivity contribution >= 4 is 17.7 Å². The first-order chi connectivity index (χ1) is 7.67. The maximum atomic E-state index is 11.7. The number of hydrogen-bond donors (Lipinski definition) is 2. The van der Waals surface area contributed by atoms with Crippen LogP contribution in [0.4, 0.5) is 0 Å². The van der Waals surface area contributed by atoms with Crippen molar-refractivity contribution in [2.75, 3.05) is 12.8 Å². The minimum Gasteiger partial charge on any atom is -0.505 e. The van der Waals surface area contributed by atoms with Crippen LogP contribution in [0.1, 0.15) is 23.3 Å². The van der Waals surface area contributed by atoms with Gasteiger partial charge in [-0.15, -0.1) is 0 Å². The molecule has 1 aromatic rings. The van der Waals surface area contributed by atoms with E-state index < -0.39 is 0 Å². The normalized spacial score (nSPS) is 16.8. The first kappa shape index (κ1) is 11.3. The fourth-order valence-corrected chi connectivity index (χ4v) is 2.22. The zero-order valence-corrected chi connectivity index (χ0v) is 9.88. The Labute approximate surface area is 98.5 Å². The lowest BCUT2D eigenvalue weighted by molar-refractivity contribution is 0.0945. The molecule has 0 atom stereocenters. The van der Waals surface area contributed by atoms with E-state index in [2.05, 4.69) is 16.6 Å². The standard InChI is InChI=1S/C11H14N2O2S/c1-16-11(4-5-11)7-13-10(15)9-8(14)3-2-6-12-9/h2-3,6,14H,4-5,7H2,1H3,(H,13,15). The van der Waals surface area contributed by atoms with Gasteiger partial charge in [0.15, 0.2) is 5.69 Å². The van der Waals surface area contributed by atoms with Crippen molar-refractivity contribution in [3.05, 3.63) is 24.0 Å². The number of hydrogen-bond acceptors (Lipinski definition) is 4. The number of carbonyl (C=O) groups is 1. The molecule has 1 aliphatic rings. The number of nitrogens with one attached hydrogen (secondary N) is 1. The highest BCUT2D eigenvalue weighted by atomic mass is 32.2. The summed E-state index contributed by atoms with van der Waals surface area (Å²) in [7, 11) is 0. The van der Waals surface area contributed by atoms with Crippen molar-refractivity contribution in [2.45, 2.75) is 17.6 Å². The molecule has 0 radical (unpaired) electrons. The van der Waals surface area contributed by atoms with Crippen molar-refractivity contribution in [1.29, 1.82) is 0 Å². The van der Waals surface area contributed by atoms with Gasteiger partial charge in [-0.1, -0.05) is 0 Å². The van der Waals surface area contributed by atoms with Gasteiger partial charge in [-0.2, -0.15) is 11.8 Å². The molecule has 1 amide bonds. The van der Waals surface area contributed by atoms with Crippen molar-refractivity contribution in [3.63, 3.8) is 0 Å². The molecule has 5 heteroatoms. The van der Waals surface area contributed by atoms with Gasteiger partial charge in [-0.3, -0.25) is 4.79 Å². The Morgan fingerprint density at radius 3 is 3.00 bits per heavy atom. The van der Waals surface area contributed by atoms with Gasteiger partial charge in [0.1, 0.15) is 5.75 Å². The van der Waals surface area contributed by atoms with Crippen LogP contribution in [0.25, 0.3) is 0 Å². The van der Waals surface area contributed by atoms with Gasteiger partial charge in [0, 0.05) is 17.5 Å². The Bertz CT molecular complexity index is 405. The van der Waals surface area contributed by atoms with Crippen LogP contribution < -0.4 is 5.32 Å². The molecule has 16 heavy (non-hydrogen) atoms. The van der Waals surface area contributed by atoms with Crippen LogP contribution in [0, 0.1) is 0 Å². The summed E-state index contributed by atoms with van der Waals surface area (Å²) in [5.41, 5.74) is 0.0967. The van der Waals surface area contributed by atoms with Crippen LogP contribution >= 0.6 is 11.8 Å². The first-order valence-electron chi connectivity index (χ1n) is 5.14. The average Bonchev–Trinajstić information content (AvgIpc) is 3.07. The van der Waals surface area contributed by atoms with Crippen LogP contribution in [-0.4, -0.2) is 33.5 Å². The van der Waals surface area contributed by atoms with E-state index in [1.807, 2.05) is 0 Å². The molecule has 0 aromatic carbocycles. The van der Waals surface area contributed by atoms with Gasteiger partial charge in [-0.05, 0) is 31.2 Å². The number of amides is 1. The summed E-state index contributed by atoms with van der Waals surface area (Å²) < 4.78 is 0.222. The number of aromatic nitrogens is 1. The highest BCUT2D eigenvalue weighted by molar-refractivity contribution is 8.00. The first-order valence-corrected chi connectivity index (χ1v) is 6.37. The van der Waals surface area contributed by atoms with Crippen LogP contribution in [0.3, 0.4) is 0 Å². The second kappa shape index (κ2) is 4.33. The van der Waals surface area contributed by atoms with E-state index in [1.54, 1.807) is 17.8 Å². The molecular formula is C11H14N2O2S. The Kier molecular flexibility index (Phi) is 3.05. The molecule has 4 nitrogen and oxygen atoms in total. The smallest absolute Gasteiger partial charge is 0.273 e. The SMILES string of the molecule is CSC1(CNC(=O)c2ncccc2O)CC1. The lowest BCUT2D eigenvalue weighted by Gasteiger charge is -2.12. The quantitative estimate of drug-likeness (QED) is 0.832. The summed E-state index contributed by atoms with van der Waals surface area (Å²) in [4.78, 5) is 15.6. The maximum absolute atomic E-state index is 11.7. The van der Waals surface area contributed by atoms with Crippen LogP contribution in [0.5, 0.6) is 5.75 Å². The fraction of sp³-hybridized carbons (Fsp3) is 0.455. The summed E-state index contributed by atoms with van der Waals surface area (Å²) in [6.07, 6.45) is 5.83. The fourth-order valence-electron chi connectivity index (χ4n) is 1.49. The zero-order chi connectivity index (χ0) is 11.6. The second-order valence-corrected chi connectivity index (χ2v) is 5.22. The van der Waals surface area contributed by atoms with Gasteiger partial charge in [0.25, 0.3) is 5.91 Å².